The Morgan fingerprint density at radius 1 is 1.23 bits per heavy atom. The molecule has 2 aliphatic rings. The fourth-order valence-corrected chi connectivity index (χ4v) is 3.76. The molecule has 1 atom stereocenters. The molecule has 1 amide bonds. The van der Waals surface area contributed by atoms with Crippen molar-refractivity contribution in [3.05, 3.63) is 34.3 Å². The molecule has 0 aromatic heterocycles. The van der Waals surface area contributed by atoms with Crippen LogP contribution in [0.5, 0.6) is 0 Å². The lowest BCUT2D eigenvalue weighted by atomic mass is 9.94. The molecule has 0 bridgehead atoms. The number of nitrogens with zero attached hydrogens (tertiary/aromatic N) is 1. The van der Waals surface area contributed by atoms with Crippen LogP contribution >= 0.6 is 28.3 Å². The third-order valence-corrected chi connectivity index (χ3v) is 4.92. The molecule has 2 aliphatic heterocycles. The summed E-state index contributed by atoms with van der Waals surface area (Å²) in [4.78, 5) is 14.7. The van der Waals surface area contributed by atoms with E-state index in [0.29, 0.717) is 5.92 Å². The molecule has 0 aliphatic carbocycles. The average molecular weight is 389 g/mol. The van der Waals surface area contributed by atoms with E-state index in [1.54, 1.807) is 0 Å². The van der Waals surface area contributed by atoms with E-state index >= 15 is 0 Å². The minimum atomic E-state index is -0.147. The lowest BCUT2D eigenvalue weighted by Gasteiger charge is -2.38. The Kier molecular flexibility index (Phi) is 6.68. The number of amides is 1. The summed E-state index contributed by atoms with van der Waals surface area (Å²) in [6.45, 7) is 4.92. The van der Waals surface area contributed by atoms with Gasteiger partial charge in [-0.2, -0.15) is 0 Å². The highest BCUT2D eigenvalue weighted by molar-refractivity contribution is 9.10. The Bertz CT molecular complexity index is 508. The lowest BCUT2D eigenvalue weighted by Crippen LogP contribution is -2.51. The molecule has 3 rings (SSSR count). The van der Waals surface area contributed by atoms with E-state index in [2.05, 4.69) is 43.6 Å². The van der Waals surface area contributed by atoms with E-state index in [9.17, 15) is 4.79 Å². The Morgan fingerprint density at radius 2 is 2.00 bits per heavy atom. The minimum Gasteiger partial charge on any atom is -0.353 e. The standard InChI is InChI=1S/C16H22BrN3O.ClH/c17-14-3-1-2-13(10-14)15-16(21)19-8-9-20(15)11-12-4-6-18-7-5-12;/h1-3,10,12,15,18H,4-9,11H2,(H,19,21);1H. The molecule has 6 heteroatoms. The summed E-state index contributed by atoms with van der Waals surface area (Å²) in [6.07, 6.45) is 2.42. The predicted octanol–water partition coefficient (Wildman–Crippen LogP) is 2.34. The fourth-order valence-electron chi connectivity index (χ4n) is 3.35. The maximum Gasteiger partial charge on any atom is 0.242 e. The third kappa shape index (κ3) is 4.22. The summed E-state index contributed by atoms with van der Waals surface area (Å²) < 4.78 is 1.03. The van der Waals surface area contributed by atoms with Crippen LogP contribution in [-0.2, 0) is 4.79 Å². The maximum absolute atomic E-state index is 12.4. The highest BCUT2D eigenvalue weighted by Crippen LogP contribution is 2.27. The van der Waals surface area contributed by atoms with Crippen LogP contribution in [0, 0.1) is 5.92 Å². The molecule has 2 fully saturated rings. The van der Waals surface area contributed by atoms with Gasteiger partial charge in [0.05, 0.1) is 0 Å². The van der Waals surface area contributed by atoms with Gasteiger partial charge in [-0.3, -0.25) is 9.69 Å². The van der Waals surface area contributed by atoms with Crippen LogP contribution in [0.4, 0.5) is 0 Å². The number of piperidine rings is 1. The number of nitrogens with one attached hydrogen (secondary N) is 2. The molecule has 1 unspecified atom stereocenters. The molecule has 2 N–H and O–H groups in total. The molecular weight excluding hydrogens is 366 g/mol. The van der Waals surface area contributed by atoms with E-state index in [0.717, 1.165) is 42.8 Å². The van der Waals surface area contributed by atoms with E-state index in [1.165, 1.54) is 12.8 Å². The van der Waals surface area contributed by atoms with Gasteiger partial charge in [0, 0.05) is 24.1 Å². The van der Waals surface area contributed by atoms with Crippen molar-refractivity contribution in [3.63, 3.8) is 0 Å². The van der Waals surface area contributed by atoms with Crippen LogP contribution in [-0.4, -0.2) is 43.5 Å². The second-order valence-electron chi connectivity index (χ2n) is 5.94. The molecule has 2 heterocycles. The number of carbonyl (C=O) groups excluding carboxylic acids is 1. The van der Waals surface area contributed by atoms with Crippen LogP contribution < -0.4 is 10.6 Å². The number of halogens is 2. The highest BCUT2D eigenvalue weighted by atomic mass is 79.9. The molecule has 2 saturated heterocycles. The molecular formula is C16H23BrClN3O. The van der Waals surface area contributed by atoms with Crippen LogP contribution in [0.1, 0.15) is 24.4 Å². The van der Waals surface area contributed by atoms with Crippen molar-refractivity contribution in [2.24, 2.45) is 5.92 Å². The molecule has 1 aromatic rings. The van der Waals surface area contributed by atoms with Gasteiger partial charge in [0.25, 0.3) is 0 Å². The van der Waals surface area contributed by atoms with E-state index < -0.39 is 0 Å². The van der Waals surface area contributed by atoms with Gasteiger partial charge in [-0.1, -0.05) is 28.1 Å². The van der Waals surface area contributed by atoms with E-state index in [1.807, 2.05) is 12.1 Å². The summed E-state index contributed by atoms with van der Waals surface area (Å²) in [7, 11) is 0. The second-order valence-corrected chi connectivity index (χ2v) is 6.85. The smallest absolute Gasteiger partial charge is 0.242 e. The van der Waals surface area contributed by atoms with Crippen molar-refractivity contribution in [1.29, 1.82) is 0 Å². The van der Waals surface area contributed by atoms with Crippen LogP contribution in [0.3, 0.4) is 0 Å². The zero-order chi connectivity index (χ0) is 14.7. The molecule has 0 spiro atoms. The first-order valence-electron chi connectivity index (χ1n) is 7.72. The first kappa shape index (κ1) is 17.7. The van der Waals surface area contributed by atoms with Crippen molar-refractivity contribution in [1.82, 2.24) is 15.5 Å². The fraction of sp³-hybridized carbons (Fsp3) is 0.562. The average Bonchev–Trinajstić information content (AvgIpc) is 2.48. The summed E-state index contributed by atoms with van der Waals surface area (Å²) in [6, 6.07) is 7.97. The quantitative estimate of drug-likeness (QED) is 0.835. The Morgan fingerprint density at radius 3 is 2.73 bits per heavy atom. The first-order chi connectivity index (χ1) is 10.2. The molecule has 122 valence electrons. The minimum absolute atomic E-state index is 0. The lowest BCUT2D eigenvalue weighted by molar-refractivity contribution is -0.129. The van der Waals surface area contributed by atoms with Gasteiger partial charge in [0.15, 0.2) is 0 Å². The highest BCUT2D eigenvalue weighted by Gasteiger charge is 2.32. The van der Waals surface area contributed by atoms with Gasteiger partial charge in [0.2, 0.25) is 5.91 Å². The van der Waals surface area contributed by atoms with E-state index in [4.69, 9.17) is 0 Å². The summed E-state index contributed by atoms with van der Waals surface area (Å²) in [5.74, 6) is 0.833. The SMILES string of the molecule is Cl.O=C1NCCN(CC2CCNCC2)C1c1cccc(Br)c1. The van der Waals surface area contributed by atoms with Crippen molar-refractivity contribution >= 4 is 34.2 Å². The molecule has 4 nitrogen and oxygen atoms in total. The van der Waals surface area contributed by atoms with Gasteiger partial charge in [-0.05, 0) is 49.5 Å². The third-order valence-electron chi connectivity index (χ3n) is 4.43. The Hall–Kier alpha value is -0.620. The van der Waals surface area contributed by atoms with Crippen molar-refractivity contribution < 1.29 is 4.79 Å². The number of hydrogen-bond donors (Lipinski definition) is 2. The molecule has 22 heavy (non-hydrogen) atoms. The topological polar surface area (TPSA) is 44.4 Å². The molecule has 1 aromatic carbocycles. The second kappa shape index (κ2) is 8.29. The van der Waals surface area contributed by atoms with Crippen molar-refractivity contribution in [3.8, 4) is 0 Å². The zero-order valence-corrected chi connectivity index (χ0v) is 15.0. The Labute approximate surface area is 146 Å². The van der Waals surface area contributed by atoms with Crippen LogP contribution in [0.25, 0.3) is 0 Å². The van der Waals surface area contributed by atoms with Crippen LogP contribution in [0.2, 0.25) is 0 Å². The van der Waals surface area contributed by atoms with Gasteiger partial charge in [0.1, 0.15) is 6.04 Å². The van der Waals surface area contributed by atoms with Gasteiger partial charge < -0.3 is 10.6 Å². The summed E-state index contributed by atoms with van der Waals surface area (Å²) >= 11 is 3.51. The number of piperazine rings is 1. The number of benzene rings is 1. The summed E-state index contributed by atoms with van der Waals surface area (Å²) in [5.41, 5.74) is 1.08. The normalized spacial score (nSPS) is 23.7. The monoisotopic (exact) mass is 387 g/mol. The predicted molar refractivity (Wildman–Crippen MR) is 94.3 cm³/mol. The van der Waals surface area contributed by atoms with Gasteiger partial charge >= 0.3 is 0 Å². The van der Waals surface area contributed by atoms with Gasteiger partial charge in [-0.15, -0.1) is 12.4 Å². The molecule has 0 radical (unpaired) electrons. The summed E-state index contributed by atoms with van der Waals surface area (Å²) in [5, 5.41) is 6.42. The van der Waals surface area contributed by atoms with Crippen molar-refractivity contribution in [2.75, 3.05) is 32.7 Å². The van der Waals surface area contributed by atoms with Crippen LogP contribution in [0.15, 0.2) is 28.7 Å². The number of hydrogen-bond acceptors (Lipinski definition) is 3. The first-order valence-corrected chi connectivity index (χ1v) is 8.51. The van der Waals surface area contributed by atoms with E-state index in [-0.39, 0.29) is 24.4 Å². The number of carbonyl (C=O) groups is 1. The largest absolute Gasteiger partial charge is 0.353 e. The number of rotatable bonds is 3. The molecule has 0 saturated carbocycles. The van der Waals surface area contributed by atoms with Gasteiger partial charge in [-0.25, -0.2) is 0 Å². The zero-order valence-electron chi connectivity index (χ0n) is 12.6. The maximum atomic E-state index is 12.4. The Balaban J connectivity index is 0.00000176. The van der Waals surface area contributed by atoms with Crippen molar-refractivity contribution in [2.45, 2.75) is 18.9 Å².